The van der Waals surface area contributed by atoms with Crippen LogP contribution < -0.4 is 0 Å². The first kappa shape index (κ1) is 12.6. The molecule has 1 fully saturated rings. The van der Waals surface area contributed by atoms with Gasteiger partial charge in [0.1, 0.15) is 5.75 Å². The van der Waals surface area contributed by atoms with Crippen molar-refractivity contribution < 1.29 is 14.4 Å². The van der Waals surface area contributed by atoms with Crippen LogP contribution in [0.2, 0.25) is 0 Å². The number of rotatable bonds is 3. The third-order valence-corrected chi connectivity index (χ3v) is 3.83. The van der Waals surface area contributed by atoms with Crippen LogP contribution in [0.15, 0.2) is 27.2 Å². The second-order valence-electron chi connectivity index (χ2n) is 4.62. The van der Waals surface area contributed by atoms with Crippen LogP contribution in [0.25, 0.3) is 11.5 Å². The maximum Gasteiger partial charge on any atom is 0.258 e. The van der Waals surface area contributed by atoms with Gasteiger partial charge in [0.15, 0.2) is 5.82 Å². The van der Waals surface area contributed by atoms with Gasteiger partial charge < -0.3 is 14.4 Å². The lowest BCUT2D eigenvalue weighted by molar-refractivity contribution is 0.185. The molecule has 6 heteroatoms. The molecule has 0 radical (unpaired) electrons. The van der Waals surface area contributed by atoms with Gasteiger partial charge in [0.2, 0.25) is 0 Å². The minimum Gasteiger partial charge on any atom is -0.507 e. The summed E-state index contributed by atoms with van der Waals surface area (Å²) in [6.45, 7) is 1.58. The van der Waals surface area contributed by atoms with Gasteiger partial charge in [0.05, 0.1) is 4.47 Å². The van der Waals surface area contributed by atoms with Crippen LogP contribution in [0.1, 0.15) is 12.2 Å². The third-order valence-electron chi connectivity index (χ3n) is 3.16. The van der Waals surface area contributed by atoms with Crippen molar-refractivity contribution >= 4 is 15.9 Å². The molecule has 2 aromatic rings. The van der Waals surface area contributed by atoms with E-state index in [4.69, 9.17) is 9.26 Å². The fourth-order valence-corrected chi connectivity index (χ4v) is 2.35. The van der Waals surface area contributed by atoms with Crippen LogP contribution in [0.5, 0.6) is 5.75 Å². The molecule has 1 N–H and O–H groups in total. The largest absolute Gasteiger partial charge is 0.507 e. The predicted octanol–water partition coefficient (Wildman–Crippen LogP) is 2.78. The van der Waals surface area contributed by atoms with E-state index in [1.807, 2.05) is 6.07 Å². The number of aromatic hydroxyl groups is 1. The van der Waals surface area contributed by atoms with Crippen LogP contribution in [0.4, 0.5) is 0 Å². The van der Waals surface area contributed by atoms with E-state index in [1.165, 1.54) is 0 Å². The smallest absolute Gasteiger partial charge is 0.258 e. The van der Waals surface area contributed by atoms with E-state index in [9.17, 15) is 5.11 Å². The Morgan fingerprint density at radius 2 is 2.32 bits per heavy atom. The molecule has 0 saturated carbocycles. The van der Waals surface area contributed by atoms with E-state index in [0.29, 0.717) is 27.7 Å². The van der Waals surface area contributed by atoms with E-state index in [-0.39, 0.29) is 5.75 Å². The zero-order valence-corrected chi connectivity index (χ0v) is 11.8. The average molecular weight is 325 g/mol. The number of phenols is 1. The summed E-state index contributed by atoms with van der Waals surface area (Å²) in [4.78, 5) is 4.36. The molecule has 1 saturated heterocycles. The Kier molecular flexibility index (Phi) is 3.52. The Morgan fingerprint density at radius 3 is 3.05 bits per heavy atom. The van der Waals surface area contributed by atoms with Crippen LogP contribution in [-0.4, -0.2) is 28.5 Å². The summed E-state index contributed by atoms with van der Waals surface area (Å²) in [5.74, 6) is 1.75. The molecule has 1 aliphatic rings. The Balaban J connectivity index is 1.78. The third kappa shape index (κ3) is 2.79. The zero-order chi connectivity index (χ0) is 13.2. The van der Waals surface area contributed by atoms with Gasteiger partial charge >= 0.3 is 0 Å². The molecule has 3 rings (SSSR count). The number of halogens is 1. The molecule has 19 heavy (non-hydrogen) atoms. The summed E-state index contributed by atoms with van der Waals surface area (Å²) in [5.41, 5.74) is 0.710. The highest BCUT2D eigenvalue weighted by atomic mass is 79.9. The van der Waals surface area contributed by atoms with Gasteiger partial charge in [-0.2, -0.15) is 4.98 Å². The Bertz CT molecular complexity index is 579. The predicted molar refractivity (Wildman–Crippen MR) is 71.7 cm³/mol. The first-order valence-electron chi connectivity index (χ1n) is 6.11. The molecular weight excluding hydrogens is 312 g/mol. The molecule has 1 aromatic carbocycles. The summed E-state index contributed by atoms with van der Waals surface area (Å²) in [7, 11) is 0. The standard InChI is InChI=1S/C13H13BrN2O3/c14-10-2-1-9(6-11(10)17)13-15-12(16-19-13)5-8-3-4-18-7-8/h1-2,6,8,17H,3-5,7H2. The maximum absolute atomic E-state index is 9.64. The van der Waals surface area contributed by atoms with Crippen molar-refractivity contribution in [2.24, 2.45) is 5.92 Å². The second-order valence-corrected chi connectivity index (χ2v) is 5.47. The number of ether oxygens (including phenoxy) is 1. The summed E-state index contributed by atoms with van der Waals surface area (Å²) in [6, 6.07) is 5.17. The van der Waals surface area contributed by atoms with Gasteiger partial charge in [-0.25, -0.2) is 0 Å². The number of nitrogens with zero attached hydrogens (tertiary/aromatic N) is 2. The van der Waals surface area contributed by atoms with Crippen LogP contribution in [0, 0.1) is 5.92 Å². The number of benzene rings is 1. The normalized spacial score (nSPS) is 18.9. The van der Waals surface area contributed by atoms with E-state index in [0.717, 1.165) is 26.1 Å². The molecule has 0 amide bonds. The van der Waals surface area contributed by atoms with E-state index in [1.54, 1.807) is 12.1 Å². The summed E-state index contributed by atoms with van der Waals surface area (Å²) in [6.07, 6.45) is 1.81. The highest BCUT2D eigenvalue weighted by molar-refractivity contribution is 9.10. The minimum absolute atomic E-state index is 0.154. The Morgan fingerprint density at radius 1 is 1.42 bits per heavy atom. The van der Waals surface area contributed by atoms with Gasteiger partial charge in [0.25, 0.3) is 5.89 Å². The SMILES string of the molecule is Oc1cc(-c2nc(CC3CCOC3)no2)ccc1Br. The number of aromatic nitrogens is 2. The monoisotopic (exact) mass is 324 g/mol. The van der Waals surface area contributed by atoms with Crippen molar-refractivity contribution in [3.8, 4) is 17.2 Å². The first-order chi connectivity index (χ1) is 9.22. The molecule has 0 spiro atoms. The Hall–Kier alpha value is -1.40. The fourth-order valence-electron chi connectivity index (χ4n) is 2.10. The quantitative estimate of drug-likeness (QED) is 0.940. The van der Waals surface area contributed by atoms with E-state index < -0.39 is 0 Å². The van der Waals surface area contributed by atoms with Crippen molar-refractivity contribution in [1.29, 1.82) is 0 Å². The molecule has 1 unspecified atom stereocenters. The average Bonchev–Trinajstić information content (AvgIpc) is 3.05. The zero-order valence-electron chi connectivity index (χ0n) is 10.2. The van der Waals surface area contributed by atoms with Crippen molar-refractivity contribution in [3.63, 3.8) is 0 Å². The summed E-state index contributed by atoms with van der Waals surface area (Å²) in [5, 5.41) is 13.6. The molecule has 100 valence electrons. The molecular formula is C13H13BrN2O3. The molecule has 1 atom stereocenters. The molecule has 0 bridgehead atoms. The maximum atomic E-state index is 9.64. The molecule has 1 aliphatic heterocycles. The molecule has 1 aromatic heterocycles. The summed E-state index contributed by atoms with van der Waals surface area (Å²) >= 11 is 3.23. The van der Waals surface area contributed by atoms with Gasteiger partial charge in [0, 0.05) is 25.2 Å². The van der Waals surface area contributed by atoms with Crippen molar-refractivity contribution in [2.45, 2.75) is 12.8 Å². The van der Waals surface area contributed by atoms with Crippen LogP contribution >= 0.6 is 15.9 Å². The van der Waals surface area contributed by atoms with E-state index >= 15 is 0 Å². The van der Waals surface area contributed by atoms with Gasteiger partial charge in [-0.1, -0.05) is 5.16 Å². The Labute approximate surface area is 118 Å². The topological polar surface area (TPSA) is 68.4 Å². The van der Waals surface area contributed by atoms with Gasteiger partial charge in [-0.05, 0) is 46.5 Å². The van der Waals surface area contributed by atoms with Crippen LogP contribution in [0.3, 0.4) is 0 Å². The number of phenolic OH excluding ortho intramolecular Hbond substituents is 1. The van der Waals surface area contributed by atoms with Crippen molar-refractivity contribution in [3.05, 3.63) is 28.5 Å². The van der Waals surface area contributed by atoms with Crippen molar-refractivity contribution in [2.75, 3.05) is 13.2 Å². The highest BCUT2D eigenvalue weighted by Crippen LogP contribution is 2.29. The van der Waals surface area contributed by atoms with E-state index in [2.05, 4.69) is 26.1 Å². The lowest BCUT2D eigenvalue weighted by Crippen LogP contribution is -2.04. The lowest BCUT2D eigenvalue weighted by Gasteiger charge is -2.01. The van der Waals surface area contributed by atoms with Gasteiger partial charge in [-0.3, -0.25) is 0 Å². The second kappa shape index (κ2) is 5.30. The molecule has 0 aliphatic carbocycles. The number of hydrogen-bond acceptors (Lipinski definition) is 5. The molecule has 2 heterocycles. The number of hydrogen-bond donors (Lipinski definition) is 1. The van der Waals surface area contributed by atoms with Gasteiger partial charge in [-0.15, -0.1) is 0 Å². The first-order valence-corrected chi connectivity index (χ1v) is 6.91. The molecule has 5 nitrogen and oxygen atoms in total. The van der Waals surface area contributed by atoms with Crippen molar-refractivity contribution in [1.82, 2.24) is 10.1 Å². The fraction of sp³-hybridized carbons (Fsp3) is 0.385. The minimum atomic E-state index is 0.154. The lowest BCUT2D eigenvalue weighted by atomic mass is 10.1. The van der Waals surface area contributed by atoms with Crippen LogP contribution in [-0.2, 0) is 11.2 Å². The summed E-state index contributed by atoms with van der Waals surface area (Å²) < 4.78 is 11.2. The highest BCUT2D eigenvalue weighted by Gasteiger charge is 2.19.